The first-order valence-corrected chi connectivity index (χ1v) is 7.36. The molecule has 4 nitrogen and oxygen atoms in total. The molecule has 1 heterocycles. The van der Waals surface area contributed by atoms with Crippen molar-refractivity contribution in [1.82, 2.24) is 15.1 Å². The van der Waals surface area contributed by atoms with Gasteiger partial charge in [-0.25, -0.2) is 4.68 Å². The van der Waals surface area contributed by atoms with Crippen LogP contribution in [0, 0.1) is 12.8 Å². The second-order valence-electron chi connectivity index (χ2n) is 5.81. The van der Waals surface area contributed by atoms with E-state index in [2.05, 4.69) is 10.4 Å². The molecule has 23 heavy (non-hydrogen) atoms. The minimum Gasteiger partial charge on any atom is -0.352 e. The first-order valence-electron chi connectivity index (χ1n) is 7.36. The van der Waals surface area contributed by atoms with Gasteiger partial charge in [0, 0.05) is 6.54 Å². The molecule has 0 saturated heterocycles. The number of alkyl halides is 3. The lowest BCUT2D eigenvalue weighted by atomic mass is 10.2. The molecule has 122 valence electrons. The van der Waals surface area contributed by atoms with Gasteiger partial charge in [-0.3, -0.25) is 4.79 Å². The summed E-state index contributed by atoms with van der Waals surface area (Å²) in [5.74, 6) is -0.344. The van der Waals surface area contributed by atoms with Gasteiger partial charge in [-0.1, -0.05) is 12.1 Å². The summed E-state index contributed by atoms with van der Waals surface area (Å²) in [7, 11) is 0. The van der Waals surface area contributed by atoms with Gasteiger partial charge in [0.2, 0.25) is 0 Å². The highest BCUT2D eigenvalue weighted by atomic mass is 19.4. The molecule has 2 aromatic rings. The summed E-state index contributed by atoms with van der Waals surface area (Å²) >= 11 is 0. The predicted molar refractivity (Wildman–Crippen MR) is 78.4 cm³/mol. The molecule has 1 aromatic heterocycles. The number of carbonyl (C=O) groups is 1. The molecule has 0 bridgehead atoms. The van der Waals surface area contributed by atoms with Crippen molar-refractivity contribution in [2.75, 3.05) is 6.54 Å². The van der Waals surface area contributed by atoms with E-state index in [1.807, 2.05) is 0 Å². The van der Waals surface area contributed by atoms with Crippen LogP contribution in [-0.4, -0.2) is 22.2 Å². The Morgan fingerprint density at radius 2 is 2.13 bits per heavy atom. The smallest absolute Gasteiger partial charge is 0.352 e. The van der Waals surface area contributed by atoms with Gasteiger partial charge in [-0.15, -0.1) is 0 Å². The number of aryl methyl sites for hydroxylation is 1. The minimum absolute atomic E-state index is 0.276. The Balaban J connectivity index is 1.98. The van der Waals surface area contributed by atoms with Crippen LogP contribution >= 0.6 is 0 Å². The zero-order valence-electron chi connectivity index (χ0n) is 12.5. The third kappa shape index (κ3) is 3.38. The molecule has 1 aliphatic rings. The van der Waals surface area contributed by atoms with Crippen LogP contribution in [-0.2, 0) is 6.18 Å². The zero-order valence-corrected chi connectivity index (χ0v) is 12.5. The molecular weight excluding hydrogens is 307 g/mol. The first-order chi connectivity index (χ1) is 10.9. The SMILES string of the molecule is Cc1cccc(-n2ncc(C(=O)NCC3CC3)c2C(F)(F)F)c1. The number of carbonyl (C=O) groups excluding carboxylic acids is 1. The standard InChI is InChI=1S/C16H16F3N3O/c1-10-3-2-4-12(7-10)22-14(16(17,18)19)13(9-21-22)15(23)20-8-11-5-6-11/h2-4,7,9,11H,5-6,8H2,1H3,(H,20,23). The van der Waals surface area contributed by atoms with E-state index in [9.17, 15) is 18.0 Å². The second-order valence-corrected chi connectivity index (χ2v) is 5.81. The molecule has 0 atom stereocenters. The average molecular weight is 323 g/mol. The van der Waals surface area contributed by atoms with Crippen LogP contribution < -0.4 is 5.32 Å². The van der Waals surface area contributed by atoms with E-state index in [4.69, 9.17) is 0 Å². The third-order valence-electron chi connectivity index (χ3n) is 3.78. The largest absolute Gasteiger partial charge is 0.434 e. The molecule has 7 heteroatoms. The van der Waals surface area contributed by atoms with Crippen molar-refractivity contribution in [3.63, 3.8) is 0 Å². The summed E-state index contributed by atoms with van der Waals surface area (Å²) in [5.41, 5.74) is -0.402. The lowest BCUT2D eigenvalue weighted by molar-refractivity contribution is -0.143. The number of hydrogen-bond donors (Lipinski definition) is 1. The van der Waals surface area contributed by atoms with Crippen LogP contribution in [0.5, 0.6) is 0 Å². The van der Waals surface area contributed by atoms with Gasteiger partial charge < -0.3 is 5.32 Å². The van der Waals surface area contributed by atoms with Crippen molar-refractivity contribution >= 4 is 5.91 Å². The maximum absolute atomic E-state index is 13.5. The number of aromatic nitrogens is 2. The number of hydrogen-bond acceptors (Lipinski definition) is 2. The fraction of sp³-hybridized carbons (Fsp3) is 0.375. The van der Waals surface area contributed by atoms with E-state index < -0.39 is 23.3 Å². The van der Waals surface area contributed by atoms with E-state index in [0.29, 0.717) is 12.5 Å². The van der Waals surface area contributed by atoms with Crippen molar-refractivity contribution in [3.8, 4) is 5.69 Å². The van der Waals surface area contributed by atoms with Gasteiger partial charge in [0.05, 0.1) is 17.4 Å². The lowest BCUT2D eigenvalue weighted by Gasteiger charge is -2.13. The van der Waals surface area contributed by atoms with Crippen molar-refractivity contribution < 1.29 is 18.0 Å². The summed E-state index contributed by atoms with van der Waals surface area (Å²) in [4.78, 5) is 12.1. The van der Waals surface area contributed by atoms with E-state index in [-0.39, 0.29) is 5.69 Å². The first kappa shape index (κ1) is 15.6. The molecule has 0 radical (unpaired) electrons. The highest BCUT2D eigenvalue weighted by Crippen LogP contribution is 2.34. The molecule has 0 aliphatic heterocycles. The minimum atomic E-state index is -4.67. The van der Waals surface area contributed by atoms with Gasteiger partial charge >= 0.3 is 6.18 Å². The van der Waals surface area contributed by atoms with E-state index in [0.717, 1.165) is 29.3 Å². The second kappa shape index (κ2) is 5.72. The van der Waals surface area contributed by atoms with Crippen molar-refractivity contribution in [2.45, 2.75) is 25.9 Å². The number of halogens is 3. The van der Waals surface area contributed by atoms with Gasteiger partial charge in [0.15, 0.2) is 5.69 Å². The molecule has 1 amide bonds. The lowest BCUT2D eigenvalue weighted by Crippen LogP contribution is -2.28. The number of rotatable bonds is 4. The maximum Gasteiger partial charge on any atom is 0.434 e. The normalized spacial score (nSPS) is 14.8. The Hall–Kier alpha value is -2.31. The fourth-order valence-electron chi connectivity index (χ4n) is 2.40. The molecule has 1 fully saturated rings. The molecule has 0 unspecified atom stereocenters. The van der Waals surface area contributed by atoms with E-state index in [1.165, 1.54) is 6.07 Å². The van der Waals surface area contributed by atoms with Gasteiger partial charge in [-0.2, -0.15) is 18.3 Å². The molecule has 0 spiro atoms. The molecule has 3 rings (SSSR count). The predicted octanol–water partition coefficient (Wildman–Crippen LogP) is 3.34. The average Bonchev–Trinajstić information content (AvgIpc) is 3.18. The number of benzene rings is 1. The van der Waals surface area contributed by atoms with Crippen LogP contribution in [0.2, 0.25) is 0 Å². The molecule has 1 saturated carbocycles. The number of nitrogens with zero attached hydrogens (tertiary/aromatic N) is 2. The Bertz CT molecular complexity index is 732. The molecule has 1 aromatic carbocycles. The summed E-state index contributed by atoms with van der Waals surface area (Å²) in [6.45, 7) is 2.19. The van der Waals surface area contributed by atoms with E-state index >= 15 is 0 Å². The number of nitrogens with one attached hydrogen (secondary N) is 1. The Morgan fingerprint density at radius 3 is 2.74 bits per heavy atom. The Morgan fingerprint density at radius 1 is 1.39 bits per heavy atom. The monoisotopic (exact) mass is 323 g/mol. The summed E-state index contributed by atoms with van der Waals surface area (Å²) < 4.78 is 41.2. The summed E-state index contributed by atoms with van der Waals surface area (Å²) in [6, 6.07) is 6.55. The van der Waals surface area contributed by atoms with Crippen LogP contribution in [0.15, 0.2) is 30.5 Å². The fourth-order valence-corrected chi connectivity index (χ4v) is 2.40. The molecular formula is C16H16F3N3O. The van der Waals surface area contributed by atoms with Crippen molar-refractivity contribution in [3.05, 3.63) is 47.3 Å². The van der Waals surface area contributed by atoms with Crippen LogP contribution in [0.25, 0.3) is 5.69 Å². The van der Waals surface area contributed by atoms with Crippen molar-refractivity contribution in [2.24, 2.45) is 5.92 Å². The van der Waals surface area contributed by atoms with Gasteiger partial charge in [0.25, 0.3) is 5.91 Å². The number of amides is 1. The Labute approximate surface area is 131 Å². The summed E-state index contributed by atoms with van der Waals surface area (Å²) in [6.07, 6.45) is -1.68. The zero-order chi connectivity index (χ0) is 16.6. The quantitative estimate of drug-likeness (QED) is 0.938. The topological polar surface area (TPSA) is 46.9 Å². The highest BCUT2D eigenvalue weighted by molar-refractivity contribution is 5.95. The third-order valence-corrected chi connectivity index (χ3v) is 3.78. The van der Waals surface area contributed by atoms with E-state index in [1.54, 1.807) is 25.1 Å². The maximum atomic E-state index is 13.5. The highest BCUT2D eigenvalue weighted by Gasteiger charge is 2.40. The van der Waals surface area contributed by atoms with Gasteiger partial charge in [0.1, 0.15) is 0 Å². The molecule has 1 N–H and O–H groups in total. The van der Waals surface area contributed by atoms with Crippen LogP contribution in [0.4, 0.5) is 13.2 Å². The Kier molecular flexibility index (Phi) is 3.87. The van der Waals surface area contributed by atoms with Crippen LogP contribution in [0.1, 0.15) is 34.5 Å². The van der Waals surface area contributed by atoms with Crippen LogP contribution in [0.3, 0.4) is 0 Å². The summed E-state index contributed by atoms with van der Waals surface area (Å²) in [5, 5.41) is 6.35. The molecule has 1 aliphatic carbocycles. The van der Waals surface area contributed by atoms with Gasteiger partial charge in [-0.05, 0) is 43.4 Å². The van der Waals surface area contributed by atoms with Crippen molar-refractivity contribution in [1.29, 1.82) is 0 Å².